The molecule has 6 heteroatoms. The molecule has 1 aliphatic heterocycles. The van der Waals surface area contributed by atoms with E-state index in [-0.39, 0.29) is 18.7 Å². The van der Waals surface area contributed by atoms with Gasteiger partial charge in [0.2, 0.25) is 5.91 Å². The van der Waals surface area contributed by atoms with Crippen LogP contribution < -0.4 is 11.1 Å². The highest BCUT2D eigenvalue weighted by Crippen LogP contribution is 2.29. The van der Waals surface area contributed by atoms with E-state index in [0.29, 0.717) is 11.3 Å². The summed E-state index contributed by atoms with van der Waals surface area (Å²) >= 11 is 0. The summed E-state index contributed by atoms with van der Waals surface area (Å²) in [5.41, 5.74) is 7.87. The lowest BCUT2D eigenvalue weighted by Crippen LogP contribution is -2.15. The Balaban J connectivity index is 2.06. The van der Waals surface area contributed by atoms with Crippen LogP contribution in [0.4, 0.5) is 18.9 Å². The monoisotopic (exact) mass is 258 g/mol. The lowest BCUT2D eigenvalue weighted by molar-refractivity contribution is -0.136. The van der Waals surface area contributed by atoms with Crippen LogP contribution in [0.3, 0.4) is 0 Å². The van der Waals surface area contributed by atoms with Crippen LogP contribution in [-0.2, 0) is 11.2 Å². The second kappa shape index (κ2) is 4.61. The van der Waals surface area contributed by atoms with Crippen molar-refractivity contribution in [2.24, 2.45) is 5.73 Å². The summed E-state index contributed by atoms with van der Waals surface area (Å²) in [5, 5.41) is 2.66. The van der Waals surface area contributed by atoms with Gasteiger partial charge < -0.3 is 11.1 Å². The number of rotatable bonds is 3. The summed E-state index contributed by atoms with van der Waals surface area (Å²) in [6.45, 7) is 0. The molecule has 0 bridgehead atoms. The van der Waals surface area contributed by atoms with E-state index in [0.717, 1.165) is 5.56 Å². The van der Waals surface area contributed by atoms with Crippen LogP contribution in [0.15, 0.2) is 18.2 Å². The zero-order valence-electron chi connectivity index (χ0n) is 9.55. The Labute approximate surface area is 102 Å². The molecule has 0 spiro atoms. The third-order valence-electron chi connectivity index (χ3n) is 2.92. The standard InChI is InChI=1S/C12H13F3N2O/c13-12(14,15)4-3-9(16)7-1-2-10-8(5-7)6-11(18)17-10/h1-2,5,9H,3-4,6,16H2,(H,17,18). The normalized spacial score (nSPS) is 16.3. The Morgan fingerprint density at radius 1 is 1.39 bits per heavy atom. The van der Waals surface area contributed by atoms with Crippen molar-refractivity contribution in [2.75, 3.05) is 5.32 Å². The highest BCUT2D eigenvalue weighted by molar-refractivity contribution is 5.99. The fraction of sp³-hybridized carbons (Fsp3) is 0.417. The zero-order chi connectivity index (χ0) is 13.3. The number of carbonyl (C=O) groups is 1. The van der Waals surface area contributed by atoms with Crippen LogP contribution in [0.25, 0.3) is 0 Å². The maximum absolute atomic E-state index is 12.1. The summed E-state index contributed by atoms with van der Waals surface area (Å²) in [5.74, 6) is -0.106. The van der Waals surface area contributed by atoms with Gasteiger partial charge in [-0.05, 0) is 23.6 Å². The fourth-order valence-corrected chi connectivity index (χ4v) is 1.97. The predicted octanol–water partition coefficient (Wildman–Crippen LogP) is 2.52. The van der Waals surface area contributed by atoms with Gasteiger partial charge in [0, 0.05) is 18.2 Å². The summed E-state index contributed by atoms with van der Waals surface area (Å²) in [7, 11) is 0. The van der Waals surface area contributed by atoms with E-state index in [1.807, 2.05) is 0 Å². The molecule has 1 aromatic rings. The van der Waals surface area contributed by atoms with Gasteiger partial charge in [-0.2, -0.15) is 13.2 Å². The molecule has 1 amide bonds. The van der Waals surface area contributed by atoms with Crippen LogP contribution in [0.1, 0.15) is 30.0 Å². The Morgan fingerprint density at radius 2 is 2.11 bits per heavy atom. The van der Waals surface area contributed by atoms with E-state index in [1.54, 1.807) is 18.2 Å². The molecular formula is C12H13F3N2O. The van der Waals surface area contributed by atoms with Crippen LogP contribution in [0.2, 0.25) is 0 Å². The van der Waals surface area contributed by atoms with Gasteiger partial charge in [-0.25, -0.2) is 0 Å². The van der Waals surface area contributed by atoms with E-state index in [9.17, 15) is 18.0 Å². The van der Waals surface area contributed by atoms with Crippen molar-refractivity contribution in [1.29, 1.82) is 0 Å². The number of benzene rings is 1. The van der Waals surface area contributed by atoms with Gasteiger partial charge >= 0.3 is 6.18 Å². The van der Waals surface area contributed by atoms with Crippen molar-refractivity contribution >= 4 is 11.6 Å². The molecule has 3 nitrogen and oxygen atoms in total. The van der Waals surface area contributed by atoms with Gasteiger partial charge in [0.15, 0.2) is 0 Å². The van der Waals surface area contributed by atoms with Crippen molar-refractivity contribution < 1.29 is 18.0 Å². The van der Waals surface area contributed by atoms with Crippen LogP contribution in [0, 0.1) is 0 Å². The molecule has 1 heterocycles. The highest BCUT2D eigenvalue weighted by atomic mass is 19.4. The van der Waals surface area contributed by atoms with E-state index in [2.05, 4.69) is 5.32 Å². The Hall–Kier alpha value is -1.56. The Kier molecular flexibility index (Phi) is 3.30. The first kappa shape index (κ1) is 12.9. The van der Waals surface area contributed by atoms with Gasteiger partial charge in [0.05, 0.1) is 6.42 Å². The molecule has 0 aromatic heterocycles. The molecule has 1 aromatic carbocycles. The minimum atomic E-state index is -4.19. The van der Waals surface area contributed by atoms with E-state index >= 15 is 0 Å². The molecule has 0 radical (unpaired) electrons. The zero-order valence-corrected chi connectivity index (χ0v) is 9.55. The highest BCUT2D eigenvalue weighted by Gasteiger charge is 2.28. The van der Waals surface area contributed by atoms with Crippen LogP contribution in [0.5, 0.6) is 0 Å². The fourth-order valence-electron chi connectivity index (χ4n) is 1.97. The minimum absolute atomic E-state index is 0.106. The van der Waals surface area contributed by atoms with Crippen LogP contribution in [-0.4, -0.2) is 12.1 Å². The molecule has 3 N–H and O–H groups in total. The number of anilines is 1. The quantitative estimate of drug-likeness (QED) is 0.875. The maximum Gasteiger partial charge on any atom is 0.389 e. The SMILES string of the molecule is NC(CCC(F)(F)F)c1ccc2c(c1)CC(=O)N2. The first-order valence-corrected chi connectivity index (χ1v) is 5.60. The molecule has 1 atom stereocenters. The molecule has 1 unspecified atom stereocenters. The molecule has 0 saturated carbocycles. The summed E-state index contributed by atoms with van der Waals surface area (Å²) in [6, 6.07) is 4.38. The molecule has 2 rings (SSSR count). The van der Waals surface area contributed by atoms with E-state index in [1.165, 1.54) is 0 Å². The average molecular weight is 258 g/mol. The molecule has 18 heavy (non-hydrogen) atoms. The molecule has 0 saturated heterocycles. The van der Waals surface area contributed by atoms with Gasteiger partial charge in [-0.15, -0.1) is 0 Å². The van der Waals surface area contributed by atoms with Gasteiger partial charge in [0.25, 0.3) is 0 Å². The number of nitrogens with two attached hydrogens (primary N) is 1. The Morgan fingerprint density at radius 3 is 2.78 bits per heavy atom. The van der Waals surface area contributed by atoms with E-state index < -0.39 is 18.6 Å². The lowest BCUT2D eigenvalue weighted by atomic mass is 9.99. The first-order valence-electron chi connectivity index (χ1n) is 5.60. The number of carbonyl (C=O) groups excluding carboxylic acids is 1. The number of nitrogens with one attached hydrogen (secondary N) is 1. The molecule has 0 aliphatic carbocycles. The smallest absolute Gasteiger partial charge is 0.326 e. The van der Waals surface area contributed by atoms with Crippen molar-refractivity contribution in [3.05, 3.63) is 29.3 Å². The lowest BCUT2D eigenvalue weighted by Gasteiger charge is -2.14. The summed E-state index contributed by atoms with van der Waals surface area (Å²) in [6.07, 6.45) is -4.98. The second-order valence-corrected chi connectivity index (χ2v) is 4.40. The summed E-state index contributed by atoms with van der Waals surface area (Å²) < 4.78 is 36.3. The number of halogens is 3. The molecule has 1 aliphatic rings. The average Bonchev–Trinajstić information content (AvgIpc) is 2.63. The first-order chi connectivity index (χ1) is 8.35. The van der Waals surface area contributed by atoms with E-state index in [4.69, 9.17) is 5.73 Å². The number of hydrogen-bond donors (Lipinski definition) is 2. The largest absolute Gasteiger partial charge is 0.389 e. The number of amides is 1. The maximum atomic E-state index is 12.1. The molecule has 98 valence electrons. The van der Waals surface area contributed by atoms with Crippen molar-refractivity contribution in [3.63, 3.8) is 0 Å². The summed E-state index contributed by atoms with van der Waals surface area (Å²) in [4.78, 5) is 11.1. The van der Waals surface area contributed by atoms with Crippen LogP contribution >= 0.6 is 0 Å². The third-order valence-corrected chi connectivity index (χ3v) is 2.92. The molecule has 0 fully saturated rings. The number of fused-ring (bicyclic) bond motifs is 1. The Bertz CT molecular complexity index is 471. The van der Waals surface area contributed by atoms with Gasteiger partial charge in [-0.3, -0.25) is 4.79 Å². The minimum Gasteiger partial charge on any atom is -0.326 e. The topological polar surface area (TPSA) is 55.1 Å². The predicted molar refractivity (Wildman–Crippen MR) is 61.0 cm³/mol. The van der Waals surface area contributed by atoms with Crippen molar-refractivity contribution in [1.82, 2.24) is 0 Å². The van der Waals surface area contributed by atoms with Gasteiger partial charge in [-0.1, -0.05) is 12.1 Å². The molecular weight excluding hydrogens is 245 g/mol. The number of hydrogen-bond acceptors (Lipinski definition) is 2. The van der Waals surface area contributed by atoms with Gasteiger partial charge in [0.1, 0.15) is 0 Å². The number of alkyl halides is 3. The van der Waals surface area contributed by atoms with Crippen molar-refractivity contribution in [3.8, 4) is 0 Å². The third kappa shape index (κ3) is 3.01. The van der Waals surface area contributed by atoms with Crippen molar-refractivity contribution in [2.45, 2.75) is 31.5 Å². The second-order valence-electron chi connectivity index (χ2n) is 4.40.